The van der Waals surface area contributed by atoms with Gasteiger partial charge in [0, 0.05) is 31.1 Å². The molecule has 0 unspecified atom stereocenters. The average molecular weight is 342 g/mol. The number of rotatable bonds is 6. The van der Waals surface area contributed by atoms with E-state index in [-0.39, 0.29) is 0 Å². The first kappa shape index (κ1) is 14.2. The predicted octanol–water partition coefficient (Wildman–Crippen LogP) is 3.09. The normalized spacial score (nSPS) is 10.5. The molecule has 0 fully saturated rings. The second-order valence-electron chi connectivity index (χ2n) is 3.96. The number of thiazole rings is 1. The minimum atomic E-state index is 0.637. The lowest BCUT2D eigenvalue weighted by atomic mass is 10.3. The Morgan fingerprint density at radius 2 is 2.16 bits per heavy atom. The van der Waals surface area contributed by atoms with Crippen molar-refractivity contribution in [2.45, 2.75) is 20.3 Å². The molecule has 2 N–H and O–H groups in total. The molecule has 0 saturated carbocycles. The summed E-state index contributed by atoms with van der Waals surface area (Å²) in [6.07, 6.45) is 2.64. The molecule has 0 aliphatic heterocycles. The average Bonchev–Trinajstić information content (AvgIpc) is 2.79. The number of nitrogens with one attached hydrogen (secondary N) is 2. The summed E-state index contributed by atoms with van der Waals surface area (Å²) >= 11 is 5.12. The van der Waals surface area contributed by atoms with Crippen molar-refractivity contribution in [3.05, 3.63) is 26.8 Å². The van der Waals surface area contributed by atoms with Crippen LogP contribution in [0.15, 0.2) is 16.0 Å². The fraction of sp³-hybridized carbons (Fsp3) is 0.417. The maximum atomic E-state index is 4.43. The van der Waals surface area contributed by atoms with Gasteiger partial charge in [0.25, 0.3) is 0 Å². The summed E-state index contributed by atoms with van der Waals surface area (Å²) in [6, 6.07) is 0. The monoisotopic (exact) mass is 341 g/mol. The lowest BCUT2D eigenvalue weighted by Crippen LogP contribution is -2.09. The number of hydrogen-bond acceptors (Lipinski definition) is 6. The second-order valence-corrected chi connectivity index (χ2v) is 5.87. The largest absolute Gasteiger partial charge is 0.369 e. The van der Waals surface area contributed by atoms with Gasteiger partial charge < -0.3 is 10.6 Å². The maximum absolute atomic E-state index is 4.43. The smallest absolute Gasteiger partial charge is 0.224 e. The topological polar surface area (TPSA) is 62.7 Å². The molecule has 0 radical (unpaired) electrons. The first-order valence-corrected chi connectivity index (χ1v) is 7.77. The SMILES string of the molecule is CCNc1ncc(Br)c(NCCc2csc(C)n2)n1. The van der Waals surface area contributed by atoms with Crippen molar-refractivity contribution in [3.63, 3.8) is 0 Å². The molecule has 0 atom stereocenters. The summed E-state index contributed by atoms with van der Waals surface area (Å²) < 4.78 is 0.864. The van der Waals surface area contributed by atoms with Gasteiger partial charge in [-0.2, -0.15) is 4.98 Å². The van der Waals surface area contributed by atoms with E-state index in [1.807, 2.05) is 13.8 Å². The molecular formula is C12H16BrN5S. The Labute approximate surface area is 125 Å². The van der Waals surface area contributed by atoms with Crippen molar-refractivity contribution in [2.24, 2.45) is 0 Å². The molecule has 2 heterocycles. The standard InChI is InChI=1S/C12H16BrN5S/c1-3-14-12-16-6-10(13)11(18-12)15-5-4-9-7-19-8(2)17-9/h6-7H,3-5H2,1-2H3,(H2,14,15,16,18). The zero-order valence-electron chi connectivity index (χ0n) is 10.9. The summed E-state index contributed by atoms with van der Waals surface area (Å²) in [5.74, 6) is 1.44. The van der Waals surface area contributed by atoms with Gasteiger partial charge in [-0.15, -0.1) is 11.3 Å². The molecule has 0 amide bonds. The first-order valence-electron chi connectivity index (χ1n) is 6.10. The summed E-state index contributed by atoms with van der Waals surface area (Å²) in [5, 5.41) is 9.59. The highest BCUT2D eigenvalue weighted by Gasteiger charge is 2.05. The molecule has 102 valence electrons. The second kappa shape index (κ2) is 6.81. The summed E-state index contributed by atoms with van der Waals surface area (Å²) in [4.78, 5) is 13.0. The lowest BCUT2D eigenvalue weighted by Gasteiger charge is -2.08. The van der Waals surface area contributed by atoms with E-state index in [4.69, 9.17) is 0 Å². The number of aromatic nitrogens is 3. The van der Waals surface area contributed by atoms with Crippen LogP contribution in [0.25, 0.3) is 0 Å². The van der Waals surface area contributed by atoms with Gasteiger partial charge in [-0.1, -0.05) is 0 Å². The van der Waals surface area contributed by atoms with Crippen LogP contribution >= 0.6 is 27.3 Å². The molecule has 7 heteroatoms. The number of anilines is 2. The number of hydrogen-bond donors (Lipinski definition) is 2. The van der Waals surface area contributed by atoms with Gasteiger partial charge in [-0.05, 0) is 29.8 Å². The van der Waals surface area contributed by atoms with Gasteiger partial charge in [-0.3, -0.25) is 0 Å². The van der Waals surface area contributed by atoms with Gasteiger partial charge in [0.15, 0.2) is 0 Å². The third kappa shape index (κ3) is 4.14. The van der Waals surface area contributed by atoms with Crippen LogP contribution in [0.5, 0.6) is 0 Å². The van der Waals surface area contributed by atoms with Crippen LogP contribution in [0.1, 0.15) is 17.6 Å². The molecule has 0 spiro atoms. The van der Waals surface area contributed by atoms with E-state index in [0.29, 0.717) is 5.95 Å². The van der Waals surface area contributed by atoms with Crippen molar-refractivity contribution in [1.29, 1.82) is 0 Å². The van der Waals surface area contributed by atoms with Crippen LogP contribution in [0.4, 0.5) is 11.8 Å². The van der Waals surface area contributed by atoms with Crippen molar-refractivity contribution < 1.29 is 0 Å². The number of aryl methyl sites for hydroxylation is 1. The molecule has 5 nitrogen and oxygen atoms in total. The number of halogens is 1. The van der Waals surface area contributed by atoms with Gasteiger partial charge in [0.2, 0.25) is 5.95 Å². The molecule has 0 saturated heterocycles. The minimum Gasteiger partial charge on any atom is -0.369 e. The lowest BCUT2D eigenvalue weighted by molar-refractivity contribution is 0.953. The van der Waals surface area contributed by atoms with E-state index in [2.05, 4.69) is 46.9 Å². The Morgan fingerprint density at radius 1 is 1.32 bits per heavy atom. The Balaban J connectivity index is 1.93. The van der Waals surface area contributed by atoms with Gasteiger partial charge in [-0.25, -0.2) is 9.97 Å². The van der Waals surface area contributed by atoms with E-state index in [9.17, 15) is 0 Å². The van der Waals surface area contributed by atoms with Gasteiger partial charge in [0.05, 0.1) is 15.2 Å². The Morgan fingerprint density at radius 3 is 2.84 bits per heavy atom. The highest BCUT2D eigenvalue weighted by Crippen LogP contribution is 2.20. The highest BCUT2D eigenvalue weighted by molar-refractivity contribution is 9.10. The van der Waals surface area contributed by atoms with E-state index in [0.717, 1.165) is 40.5 Å². The van der Waals surface area contributed by atoms with Crippen molar-refractivity contribution in [3.8, 4) is 0 Å². The van der Waals surface area contributed by atoms with Crippen LogP contribution in [-0.4, -0.2) is 28.0 Å². The van der Waals surface area contributed by atoms with Crippen LogP contribution in [0, 0.1) is 6.92 Å². The predicted molar refractivity (Wildman–Crippen MR) is 82.9 cm³/mol. The van der Waals surface area contributed by atoms with Crippen LogP contribution in [0.3, 0.4) is 0 Å². The third-order valence-corrected chi connectivity index (χ3v) is 3.82. The Hall–Kier alpha value is -1.21. The molecule has 0 aromatic carbocycles. The van der Waals surface area contributed by atoms with Crippen molar-refractivity contribution in [2.75, 3.05) is 23.7 Å². The molecule has 2 aromatic rings. The fourth-order valence-electron chi connectivity index (χ4n) is 1.57. The first-order chi connectivity index (χ1) is 9.19. The zero-order valence-corrected chi connectivity index (χ0v) is 13.3. The summed E-state index contributed by atoms with van der Waals surface area (Å²) in [7, 11) is 0. The molecule has 2 rings (SSSR count). The van der Waals surface area contributed by atoms with Crippen molar-refractivity contribution in [1.82, 2.24) is 15.0 Å². The van der Waals surface area contributed by atoms with Crippen molar-refractivity contribution >= 4 is 39.0 Å². The van der Waals surface area contributed by atoms with Crippen LogP contribution in [-0.2, 0) is 6.42 Å². The van der Waals surface area contributed by atoms with Gasteiger partial charge in [0.1, 0.15) is 5.82 Å². The molecule has 0 bridgehead atoms. The third-order valence-electron chi connectivity index (χ3n) is 2.42. The van der Waals surface area contributed by atoms with E-state index >= 15 is 0 Å². The van der Waals surface area contributed by atoms with Gasteiger partial charge >= 0.3 is 0 Å². The summed E-state index contributed by atoms with van der Waals surface area (Å²) in [5.41, 5.74) is 1.12. The molecule has 0 aliphatic rings. The Kier molecular flexibility index (Phi) is 5.09. The van der Waals surface area contributed by atoms with Crippen LogP contribution < -0.4 is 10.6 Å². The zero-order chi connectivity index (χ0) is 13.7. The maximum Gasteiger partial charge on any atom is 0.224 e. The molecular weight excluding hydrogens is 326 g/mol. The van der Waals surface area contributed by atoms with Crippen LogP contribution in [0.2, 0.25) is 0 Å². The molecule has 0 aliphatic carbocycles. The van der Waals surface area contributed by atoms with E-state index in [1.54, 1.807) is 17.5 Å². The minimum absolute atomic E-state index is 0.637. The Bertz CT molecular complexity index is 543. The molecule has 19 heavy (non-hydrogen) atoms. The quantitative estimate of drug-likeness (QED) is 0.845. The number of nitrogens with zero attached hydrogens (tertiary/aromatic N) is 3. The molecule has 2 aromatic heterocycles. The fourth-order valence-corrected chi connectivity index (χ4v) is 2.54. The highest BCUT2D eigenvalue weighted by atomic mass is 79.9. The van der Waals surface area contributed by atoms with E-state index < -0.39 is 0 Å². The van der Waals surface area contributed by atoms with E-state index in [1.165, 1.54) is 0 Å². The summed E-state index contributed by atoms with van der Waals surface area (Å²) in [6.45, 7) is 5.64.